The van der Waals surface area contributed by atoms with Crippen molar-refractivity contribution in [3.63, 3.8) is 0 Å². The number of amides is 1. The smallest absolute Gasteiger partial charge is 0.330 e. The Morgan fingerprint density at radius 2 is 1.85 bits per heavy atom. The van der Waals surface area contributed by atoms with Crippen molar-refractivity contribution in [3.05, 3.63) is 111 Å². The van der Waals surface area contributed by atoms with E-state index in [1.54, 1.807) is 18.6 Å². The summed E-state index contributed by atoms with van der Waals surface area (Å²) in [6, 6.07) is 16.7. The maximum atomic E-state index is 12.8. The van der Waals surface area contributed by atoms with Crippen LogP contribution in [0.2, 0.25) is 0 Å². The number of H-pyrrole nitrogens is 1. The Balaban J connectivity index is 1.56. The van der Waals surface area contributed by atoms with Crippen molar-refractivity contribution >= 4 is 23.5 Å². The van der Waals surface area contributed by atoms with Crippen LogP contribution in [-0.4, -0.2) is 32.1 Å². The standard InChI is InChI=1S/C24H22N6O3/c1-28(20(31)12-9-17-7-10-19(11-8-17)29-14-13-26-16-29)21-22(25)30(24(33)27-23(21)32)15-18-5-3-2-4-6-18/h2-14,16H,15,25H2,1H3,(H,27,32,33)/b12-9+. The van der Waals surface area contributed by atoms with Crippen LogP contribution in [0.1, 0.15) is 11.1 Å². The van der Waals surface area contributed by atoms with Gasteiger partial charge >= 0.3 is 5.69 Å². The lowest BCUT2D eigenvalue weighted by Gasteiger charge is -2.19. The van der Waals surface area contributed by atoms with Gasteiger partial charge in [-0.05, 0) is 29.3 Å². The van der Waals surface area contributed by atoms with Gasteiger partial charge in [-0.15, -0.1) is 0 Å². The largest absolute Gasteiger partial charge is 0.383 e. The summed E-state index contributed by atoms with van der Waals surface area (Å²) >= 11 is 0. The monoisotopic (exact) mass is 442 g/mol. The Labute approximate surface area is 189 Å². The first-order valence-electron chi connectivity index (χ1n) is 10.1. The molecule has 2 aromatic heterocycles. The molecule has 0 aliphatic carbocycles. The molecule has 4 rings (SSSR count). The summed E-state index contributed by atoms with van der Waals surface area (Å²) in [5, 5.41) is 0. The van der Waals surface area contributed by atoms with E-state index in [-0.39, 0.29) is 18.1 Å². The number of hydrogen-bond donors (Lipinski definition) is 2. The van der Waals surface area contributed by atoms with Gasteiger partial charge in [-0.2, -0.15) is 0 Å². The first-order valence-corrected chi connectivity index (χ1v) is 10.1. The topological polar surface area (TPSA) is 119 Å². The fourth-order valence-corrected chi connectivity index (χ4v) is 3.38. The maximum Gasteiger partial charge on any atom is 0.330 e. The molecule has 9 heteroatoms. The molecule has 166 valence electrons. The Morgan fingerprint density at radius 1 is 1.12 bits per heavy atom. The molecular weight excluding hydrogens is 420 g/mol. The van der Waals surface area contributed by atoms with Crippen LogP contribution in [0.5, 0.6) is 0 Å². The molecule has 1 amide bonds. The first-order chi connectivity index (χ1) is 15.9. The van der Waals surface area contributed by atoms with Crippen molar-refractivity contribution in [3.8, 4) is 5.69 Å². The second-order valence-corrected chi connectivity index (χ2v) is 7.36. The van der Waals surface area contributed by atoms with Crippen LogP contribution in [0.15, 0.2) is 89.0 Å². The second kappa shape index (κ2) is 9.23. The van der Waals surface area contributed by atoms with E-state index in [4.69, 9.17) is 5.73 Å². The summed E-state index contributed by atoms with van der Waals surface area (Å²) in [7, 11) is 1.44. The molecule has 0 bridgehead atoms. The quantitative estimate of drug-likeness (QED) is 0.443. The third-order valence-corrected chi connectivity index (χ3v) is 5.18. The zero-order chi connectivity index (χ0) is 23.4. The van der Waals surface area contributed by atoms with Crippen LogP contribution in [0, 0.1) is 0 Å². The van der Waals surface area contributed by atoms with Gasteiger partial charge in [-0.1, -0.05) is 42.5 Å². The summed E-state index contributed by atoms with van der Waals surface area (Å²) in [6.45, 7) is 0.163. The molecule has 33 heavy (non-hydrogen) atoms. The number of anilines is 2. The van der Waals surface area contributed by atoms with Gasteiger partial charge in [0.05, 0.1) is 12.9 Å². The molecule has 2 aromatic carbocycles. The zero-order valence-electron chi connectivity index (χ0n) is 17.9. The summed E-state index contributed by atoms with van der Waals surface area (Å²) in [4.78, 5) is 45.0. The molecule has 2 heterocycles. The van der Waals surface area contributed by atoms with Gasteiger partial charge in [0, 0.05) is 31.2 Å². The van der Waals surface area contributed by atoms with Gasteiger partial charge in [-0.25, -0.2) is 9.78 Å². The predicted molar refractivity (Wildman–Crippen MR) is 127 cm³/mol. The molecule has 9 nitrogen and oxygen atoms in total. The lowest BCUT2D eigenvalue weighted by molar-refractivity contribution is -0.113. The Hall–Kier alpha value is -4.66. The SMILES string of the molecule is CN(C(=O)/C=C/c1ccc(-n2ccnc2)cc1)c1c(N)n(Cc2ccccc2)c(=O)[nH]c1=O. The number of nitrogens with zero attached hydrogens (tertiary/aromatic N) is 4. The summed E-state index contributed by atoms with van der Waals surface area (Å²) in [5.74, 6) is -0.544. The molecule has 0 saturated carbocycles. The molecule has 4 aromatic rings. The fraction of sp³-hybridized carbons (Fsp3) is 0.0833. The van der Waals surface area contributed by atoms with E-state index in [9.17, 15) is 14.4 Å². The molecule has 0 aliphatic heterocycles. The van der Waals surface area contributed by atoms with Gasteiger partial charge < -0.3 is 15.2 Å². The number of benzene rings is 2. The molecular formula is C24H22N6O3. The number of imidazole rings is 1. The molecule has 0 atom stereocenters. The minimum atomic E-state index is -0.726. The summed E-state index contributed by atoms with van der Waals surface area (Å²) in [5.41, 5.74) is 7.28. The average Bonchev–Trinajstić information content (AvgIpc) is 3.36. The zero-order valence-corrected chi connectivity index (χ0v) is 17.9. The highest BCUT2D eigenvalue weighted by atomic mass is 16.2. The van der Waals surface area contributed by atoms with Crippen LogP contribution < -0.4 is 21.9 Å². The Morgan fingerprint density at radius 3 is 2.52 bits per heavy atom. The number of aromatic nitrogens is 4. The van der Waals surface area contributed by atoms with E-state index in [1.165, 1.54) is 17.7 Å². The lowest BCUT2D eigenvalue weighted by Crippen LogP contribution is -2.39. The van der Waals surface area contributed by atoms with Crippen LogP contribution in [0.3, 0.4) is 0 Å². The number of rotatable bonds is 6. The third-order valence-electron chi connectivity index (χ3n) is 5.18. The van der Waals surface area contributed by atoms with Crippen LogP contribution in [0.4, 0.5) is 11.5 Å². The summed E-state index contributed by atoms with van der Waals surface area (Å²) < 4.78 is 3.10. The van der Waals surface area contributed by atoms with Crippen molar-refractivity contribution in [1.29, 1.82) is 0 Å². The number of hydrogen-bond acceptors (Lipinski definition) is 5. The van der Waals surface area contributed by atoms with Crippen molar-refractivity contribution in [2.45, 2.75) is 6.54 Å². The van der Waals surface area contributed by atoms with Crippen LogP contribution >= 0.6 is 0 Å². The number of carbonyl (C=O) groups excluding carboxylic acids is 1. The van der Waals surface area contributed by atoms with Crippen molar-refractivity contribution in [2.75, 3.05) is 17.7 Å². The third kappa shape index (κ3) is 4.67. The van der Waals surface area contributed by atoms with Gasteiger partial charge in [0.15, 0.2) is 5.69 Å². The minimum absolute atomic E-state index is 0.0819. The highest BCUT2D eigenvalue weighted by molar-refractivity contribution is 6.04. The maximum absolute atomic E-state index is 12.8. The van der Waals surface area contributed by atoms with Crippen molar-refractivity contribution in [1.82, 2.24) is 19.1 Å². The number of nitrogen functional groups attached to an aromatic ring is 1. The number of likely N-dealkylation sites (N-methyl/N-ethyl adjacent to an activating group) is 1. The van der Waals surface area contributed by atoms with Crippen LogP contribution in [0.25, 0.3) is 11.8 Å². The number of nitrogens with one attached hydrogen (secondary N) is 1. The second-order valence-electron chi connectivity index (χ2n) is 7.36. The van der Waals surface area contributed by atoms with E-state index in [2.05, 4.69) is 9.97 Å². The molecule has 3 N–H and O–H groups in total. The molecule has 0 saturated heterocycles. The molecule has 0 spiro atoms. The van der Waals surface area contributed by atoms with Crippen molar-refractivity contribution < 1.29 is 4.79 Å². The van der Waals surface area contributed by atoms with E-state index in [0.29, 0.717) is 0 Å². The van der Waals surface area contributed by atoms with Gasteiger partial charge in [0.2, 0.25) is 0 Å². The highest BCUT2D eigenvalue weighted by Gasteiger charge is 2.19. The van der Waals surface area contributed by atoms with Crippen LogP contribution in [-0.2, 0) is 11.3 Å². The van der Waals surface area contributed by atoms with Gasteiger partial charge in [0.1, 0.15) is 5.82 Å². The van der Waals surface area contributed by atoms with E-state index < -0.39 is 17.2 Å². The van der Waals surface area contributed by atoms with Gasteiger partial charge in [-0.3, -0.25) is 19.1 Å². The highest BCUT2D eigenvalue weighted by Crippen LogP contribution is 2.17. The van der Waals surface area contributed by atoms with Gasteiger partial charge in [0.25, 0.3) is 11.5 Å². The normalized spacial score (nSPS) is 11.1. The molecule has 0 radical (unpaired) electrons. The lowest BCUT2D eigenvalue weighted by atomic mass is 10.2. The minimum Gasteiger partial charge on any atom is -0.383 e. The van der Waals surface area contributed by atoms with E-state index in [0.717, 1.165) is 21.7 Å². The molecule has 0 unspecified atom stereocenters. The van der Waals surface area contributed by atoms with E-state index >= 15 is 0 Å². The fourth-order valence-electron chi connectivity index (χ4n) is 3.38. The average molecular weight is 442 g/mol. The van der Waals surface area contributed by atoms with Crippen molar-refractivity contribution in [2.24, 2.45) is 0 Å². The molecule has 0 aliphatic rings. The number of nitrogens with two attached hydrogens (primary N) is 1. The first kappa shape index (κ1) is 21.6. The van der Waals surface area contributed by atoms with E-state index in [1.807, 2.05) is 65.4 Å². The Bertz CT molecular complexity index is 1400. The summed E-state index contributed by atoms with van der Waals surface area (Å²) in [6.07, 6.45) is 8.21. The molecule has 0 fully saturated rings. The number of carbonyl (C=O) groups is 1. The number of aromatic amines is 1. The Kier molecular flexibility index (Phi) is 6.03. The predicted octanol–water partition coefficient (Wildman–Crippen LogP) is 2.03.